The first-order valence-electron chi connectivity index (χ1n) is 5.05. The van der Waals surface area contributed by atoms with Crippen LogP contribution in [0.1, 0.15) is 19.5 Å². The molecule has 0 atom stereocenters. The van der Waals surface area contributed by atoms with Gasteiger partial charge in [-0.2, -0.15) is 0 Å². The third-order valence-corrected chi connectivity index (χ3v) is 1.96. The molecule has 0 radical (unpaired) electrons. The van der Waals surface area contributed by atoms with Crippen molar-refractivity contribution in [3.8, 4) is 0 Å². The minimum atomic E-state index is 0.683. The van der Waals surface area contributed by atoms with Crippen LogP contribution in [0, 0.1) is 5.92 Å². The van der Waals surface area contributed by atoms with Crippen LogP contribution in [0.2, 0.25) is 0 Å². The van der Waals surface area contributed by atoms with Crippen LogP contribution in [-0.4, -0.2) is 18.6 Å². The van der Waals surface area contributed by atoms with E-state index >= 15 is 0 Å². The number of anilines is 1. The molecule has 2 N–H and O–H groups in total. The van der Waals surface area contributed by atoms with Gasteiger partial charge in [0.25, 0.3) is 0 Å². The van der Waals surface area contributed by atoms with E-state index in [4.69, 9.17) is 0 Å². The van der Waals surface area contributed by atoms with Gasteiger partial charge in [0.15, 0.2) is 0 Å². The van der Waals surface area contributed by atoms with Crippen molar-refractivity contribution in [1.82, 2.24) is 10.3 Å². The molecule has 0 unspecified atom stereocenters. The number of aromatic nitrogens is 1. The summed E-state index contributed by atoms with van der Waals surface area (Å²) in [5, 5.41) is 6.46. The summed E-state index contributed by atoms with van der Waals surface area (Å²) < 4.78 is 0. The Labute approximate surface area is 85.9 Å². The standard InChI is InChI=1S/C11H19N3/c1-9(2)7-13-8-11-6-10(12-3)4-5-14-11/h4-6,9,13H,7-8H2,1-3H3,(H,12,14). The second-order valence-electron chi connectivity index (χ2n) is 3.81. The van der Waals surface area contributed by atoms with E-state index in [9.17, 15) is 0 Å². The largest absolute Gasteiger partial charge is 0.388 e. The van der Waals surface area contributed by atoms with E-state index in [0.717, 1.165) is 24.5 Å². The summed E-state index contributed by atoms with van der Waals surface area (Å²) in [6.45, 7) is 6.27. The molecule has 0 aliphatic rings. The summed E-state index contributed by atoms with van der Waals surface area (Å²) in [7, 11) is 1.92. The summed E-state index contributed by atoms with van der Waals surface area (Å²) in [5.74, 6) is 0.683. The molecule has 0 saturated carbocycles. The monoisotopic (exact) mass is 193 g/mol. The average molecular weight is 193 g/mol. The lowest BCUT2D eigenvalue weighted by Crippen LogP contribution is -2.19. The molecule has 0 fully saturated rings. The van der Waals surface area contributed by atoms with Gasteiger partial charge in [0, 0.05) is 25.5 Å². The van der Waals surface area contributed by atoms with E-state index in [1.807, 2.05) is 19.3 Å². The highest BCUT2D eigenvalue weighted by molar-refractivity contribution is 5.42. The summed E-state index contributed by atoms with van der Waals surface area (Å²) in [6.07, 6.45) is 1.83. The number of nitrogens with zero attached hydrogens (tertiary/aromatic N) is 1. The number of hydrogen-bond donors (Lipinski definition) is 2. The number of nitrogens with one attached hydrogen (secondary N) is 2. The fourth-order valence-electron chi connectivity index (χ4n) is 1.22. The molecule has 0 amide bonds. The summed E-state index contributed by atoms with van der Waals surface area (Å²) in [4.78, 5) is 4.28. The highest BCUT2D eigenvalue weighted by Crippen LogP contribution is 2.06. The molecule has 3 heteroatoms. The molecule has 78 valence electrons. The lowest BCUT2D eigenvalue weighted by atomic mass is 10.2. The Hall–Kier alpha value is -1.09. The normalized spacial score (nSPS) is 10.6. The molecule has 0 aromatic carbocycles. The van der Waals surface area contributed by atoms with Crippen molar-refractivity contribution in [2.24, 2.45) is 5.92 Å². The highest BCUT2D eigenvalue weighted by atomic mass is 14.9. The zero-order valence-electron chi connectivity index (χ0n) is 9.17. The van der Waals surface area contributed by atoms with Gasteiger partial charge >= 0.3 is 0 Å². The summed E-state index contributed by atoms with van der Waals surface area (Å²) >= 11 is 0. The molecule has 0 bridgehead atoms. The fraction of sp³-hybridized carbons (Fsp3) is 0.545. The van der Waals surface area contributed by atoms with Crippen molar-refractivity contribution in [2.45, 2.75) is 20.4 Å². The third-order valence-electron chi connectivity index (χ3n) is 1.96. The Kier molecular flexibility index (Phi) is 4.40. The maximum Gasteiger partial charge on any atom is 0.0562 e. The average Bonchev–Trinajstić information content (AvgIpc) is 2.18. The topological polar surface area (TPSA) is 37.0 Å². The van der Waals surface area contributed by atoms with Crippen molar-refractivity contribution < 1.29 is 0 Å². The van der Waals surface area contributed by atoms with Crippen molar-refractivity contribution >= 4 is 5.69 Å². The van der Waals surface area contributed by atoms with Gasteiger partial charge in [0.05, 0.1) is 5.69 Å². The smallest absolute Gasteiger partial charge is 0.0562 e. The van der Waals surface area contributed by atoms with Crippen LogP contribution in [0.3, 0.4) is 0 Å². The molecule has 14 heavy (non-hydrogen) atoms. The third kappa shape index (κ3) is 3.75. The molecule has 0 aliphatic carbocycles. The SMILES string of the molecule is CNc1ccnc(CNCC(C)C)c1. The molecular weight excluding hydrogens is 174 g/mol. The van der Waals surface area contributed by atoms with E-state index in [2.05, 4.69) is 35.5 Å². The first-order chi connectivity index (χ1) is 6.72. The Morgan fingerprint density at radius 2 is 2.21 bits per heavy atom. The van der Waals surface area contributed by atoms with Crippen molar-refractivity contribution in [3.05, 3.63) is 24.0 Å². The number of rotatable bonds is 5. The van der Waals surface area contributed by atoms with Gasteiger partial charge in [-0.05, 0) is 24.6 Å². The van der Waals surface area contributed by atoms with Gasteiger partial charge in [-0.1, -0.05) is 13.8 Å². The molecule has 0 spiro atoms. The predicted molar refractivity (Wildman–Crippen MR) is 60.3 cm³/mol. The Morgan fingerprint density at radius 3 is 2.86 bits per heavy atom. The molecule has 1 aromatic heterocycles. The van der Waals surface area contributed by atoms with Crippen LogP contribution in [0.25, 0.3) is 0 Å². The molecule has 3 nitrogen and oxygen atoms in total. The van der Waals surface area contributed by atoms with Crippen LogP contribution in [0.15, 0.2) is 18.3 Å². The van der Waals surface area contributed by atoms with E-state index in [0.29, 0.717) is 5.92 Å². The van der Waals surface area contributed by atoms with E-state index in [-0.39, 0.29) is 0 Å². The molecule has 1 heterocycles. The van der Waals surface area contributed by atoms with Crippen LogP contribution in [0.5, 0.6) is 0 Å². The lowest BCUT2D eigenvalue weighted by molar-refractivity contribution is 0.548. The Bertz CT molecular complexity index is 271. The fourth-order valence-corrected chi connectivity index (χ4v) is 1.22. The Morgan fingerprint density at radius 1 is 1.43 bits per heavy atom. The van der Waals surface area contributed by atoms with Crippen molar-refractivity contribution in [3.63, 3.8) is 0 Å². The molecule has 1 rings (SSSR count). The van der Waals surface area contributed by atoms with Gasteiger partial charge < -0.3 is 10.6 Å². The van der Waals surface area contributed by atoms with Crippen LogP contribution in [-0.2, 0) is 6.54 Å². The summed E-state index contributed by atoms with van der Waals surface area (Å²) in [6, 6.07) is 4.03. The zero-order valence-corrected chi connectivity index (χ0v) is 9.17. The molecule has 0 saturated heterocycles. The van der Waals surface area contributed by atoms with Crippen LogP contribution >= 0.6 is 0 Å². The molecule has 1 aromatic rings. The van der Waals surface area contributed by atoms with Gasteiger partial charge in [-0.3, -0.25) is 4.98 Å². The lowest BCUT2D eigenvalue weighted by Gasteiger charge is -2.07. The molecule has 0 aliphatic heterocycles. The minimum absolute atomic E-state index is 0.683. The predicted octanol–water partition coefficient (Wildman–Crippen LogP) is 1.87. The van der Waals surface area contributed by atoms with Gasteiger partial charge in [0.2, 0.25) is 0 Å². The number of pyridine rings is 1. The number of hydrogen-bond acceptors (Lipinski definition) is 3. The summed E-state index contributed by atoms with van der Waals surface area (Å²) in [5.41, 5.74) is 2.19. The van der Waals surface area contributed by atoms with Crippen LogP contribution in [0.4, 0.5) is 5.69 Å². The zero-order chi connectivity index (χ0) is 10.4. The maximum absolute atomic E-state index is 4.28. The van der Waals surface area contributed by atoms with Gasteiger partial charge in [-0.25, -0.2) is 0 Å². The second-order valence-corrected chi connectivity index (χ2v) is 3.81. The maximum atomic E-state index is 4.28. The van der Waals surface area contributed by atoms with Crippen LogP contribution < -0.4 is 10.6 Å². The van der Waals surface area contributed by atoms with Crippen molar-refractivity contribution in [2.75, 3.05) is 18.9 Å². The Balaban J connectivity index is 2.42. The van der Waals surface area contributed by atoms with Gasteiger partial charge in [0.1, 0.15) is 0 Å². The first-order valence-corrected chi connectivity index (χ1v) is 5.05. The minimum Gasteiger partial charge on any atom is -0.388 e. The quantitative estimate of drug-likeness (QED) is 0.749. The van der Waals surface area contributed by atoms with Gasteiger partial charge in [-0.15, -0.1) is 0 Å². The van der Waals surface area contributed by atoms with E-state index < -0.39 is 0 Å². The second kappa shape index (κ2) is 5.60. The van der Waals surface area contributed by atoms with E-state index in [1.165, 1.54) is 0 Å². The van der Waals surface area contributed by atoms with E-state index in [1.54, 1.807) is 0 Å². The first kappa shape index (κ1) is 11.0. The molecular formula is C11H19N3. The highest BCUT2D eigenvalue weighted by Gasteiger charge is 1.97. The van der Waals surface area contributed by atoms with Crippen molar-refractivity contribution in [1.29, 1.82) is 0 Å².